The van der Waals surface area contributed by atoms with Gasteiger partial charge in [-0.25, -0.2) is 4.98 Å². The molecule has 0 spiro atoms. The van der Waals surface area contributed by atoms with Gasteiger partial charge in [0.1, 0.15) is 0 Å². The Bertz CT molecular complexity index is 306. The van der Waals surface area contributed by atoms with Crippen LogP contribution in [-0.4, -0.2) is 28.9 Å². The summed E-state index contributed by atoms with van der Waals surface area (Å²) in [6.45, 7) is 5.86. The van der Waals surface area contributed by atoms with Crippen LogP contribution >= 0.6 is 11.3 Å². The first-order valence-corrected chi connectivity index (χ1v) is 5.09. The van der Waals surface area contributed by atoms with Crippen LogP contribution in [-0.2, 0) is 0 Å². The highest BCUT2D eigenvalue weighted by Crippen LogP contribution is 2.12. The third-order valence-corrected chi connectivity index (χ3v) is 2.85. The predicted molar refractivity (Wildman–Crippen MR) is 54.1 cm³/mol. The summed E-state index contributed by atoms with van der Waals surface area (Å²) in [5, 5.41) is 2.47. The van der Waals surface area contributed by atoms with Crippen molar-refractivity contribution in [3.05, 3.63) is 16.1 Å². The van der Waals surface area contributed by atoms with Crippen molar-refractivity contribution in [2.24, 2.45) is 0 Å². The molecule has 0 aliphatic carbocycles. The first-order chi connectivity index (χ1) is 6.02. The molecule has 0 radical (unpaired) electrons. The molecule has 0 aromatic carbocycles. The van der Waals surface area contributed by atoms with E-state index in [-0.39, 0.29) is 11.9 Å². The smallest absolute Gasteiger partial charge is 0.282 e. The molecule has 1 rings (SSSR count). The van der Waals surface area contributed by atoms with Gasteiger partial charge in [0.2, 0.25) is 0 Å². The quantitative estimate of drug-likeness (QED) is 0.727. The van der Waals surface area contributed by atoms with Crippen molar-refractivity contribution in [1.29, 1.82) is 0 Å². The summed E-state index contributed by atoms with van der Waals surface area (Å²) in [6.07, 6.45) is 0. The molecule has 0 bridgehead atoms. The molecular formula is C9H14N2OS. The highest BCUT2D eigenvalue weighted by atomic mass is 32.1. The molecule has 0 aliphatic heterocycles. The van der Waals surface area contributed by atoms with Crippen LogP contribution in [0.2, 0.25) is 0 Å². The summed E-state index contributed by atoms with van der Waals surface area (Å²) in [7, 11) is 1.80. The van der Waals surface area contributed by atoms with E-state index in [0.29, 0.717) is 5.01 Å². The van der Waals surface area contributed by atoms with E-state index in [0.717, 1.165) is 5.69 Å². The second kappa shape index (κ2) is 3.87. The van der Waals surface area contributed by atoms with Gasteiger partial charge >= 0.3 is 0 Å². The van der Waals surface area contributed by atoms with E-state index in [1.807, 2.05) is 26.2 Å². The van der Waals surface area contributed by atoms with Gasteiger partial charge in [0.05, 0.1) is 0 Å². The normalized spacial score (nSPS) is 10.5. The number of carbonyl (C=O) groups is 1. The molecule has 0 atom stereocenters. The Kier molecular flexibility index (Phi) is 3.03. The third kappa shape index (κ3) is 2.28. The van der Waals surface area contributed by atoms with Gasteiger partial charge in [0.25, 0.3) is 5.91 Å². The molecule has 1 amide bonds. The van der Waals surface area contributed by atoms with Crippen LogP contribution in [0.15, 0.2) is 5.38 Å². The average molecular weight is 198 g/mol. The first-order valence-electron chi connectivity index (χ1n) is 4.21. The van der Waals surface area contributed by atoms with E-state index < -0.39 is 0 Å². The molecule has 0 saturated heterocycles. The van der Waals surface area contributed by atoms with Gasteiger partial charge in [0, 0.05) is 24.2 Å². The van der Waals surface area contributed by atoms with Crippen molar-refractivity contribution < 1.29 is 4.79 Å². The van der Waals surface area contributed by atoms with Crippen molar-refractivity contribution in [3.63, 3.8) is 0 Å². The number of nitrogens with zero attached hydrogens (tertiary/aromatic N) is 2. The van der Waals surface area contributed by atoms with Gasteiger partial charge in [-0.2, -0.15) is 0 Å². The lowest BCUT2D eigenvalue weighted by atomic mass is 10.3. The largest absolute Gasteiger partial charge is 0.337 e. The lowest BCUT2D eigenvalue weighted by Crippen LogP contribution is -2.32. The molecule has 13 heavy (non-hydrogen) atoms. The van der Waals surface area contributed by atoms with E-state index in [1.54, 1.807) is 11.9 Å². The van der Waals surface area contributed by atoms with Crippen LogP contribution in [0.1, 0.15) is 29.3 Å². The van der Waals surface area contributed by atoms with Crippen LogP contribution in [0.5, 0.6) is 0 Å². The molecule has 1 aromatic rings. The number of amides is 1. The zero-order valence-corrected chi connectivity index (χ0v) is 9.18. The summed E-state index contributed by atoms with van der Waals surface area (Å²) in [4.78, 5) is 17.5. The van der Waals surface area contributed by atoms with Gasteiger partial charge in [-0.1, -0.05) is 0 Å². The lowest BCUT2D eigenvalue weighted by Gasteiger charge is -2.19. The van der Waals surface area contributed by atoms with Crippen LogP contribution in [0, 0.1) is 6.92 Å². The minimum absolute atomic E-state index is 0.00750. The Balaban J connectivity index is 2.79. The summed E-state index contributed by atoms with van der Waals surface area (Å²) in [6, 6.07) is 0.219. The highest BCUT2D eigenvalue weighted by Gasteiger charge is 2.16. The summed E-state index contributed by atoms with van der Waals surface area (Å²) in [5.74, 6) is 0.00750. The Morgan fingerprint density at radius 1 is 1.62 bits per heavy atom. The lowest BCUT2D eigenvalue weighted by molar-refractivity contribution is 0.0754. The summed E-state index contributed by atoms with van der Waals surface area (Å²) in [5.41, 5.74) is 0.908. The zero-order valence-electron chi connectivity index (χ0n) is 8.37. The van der Waals surface area contributed by atoms with E-state index in [4.69, 9.17) is 0 Å². The second-order valence-corrected chi connectivity index (χ2v) is 4.16. The Morgan fingerprint density at radius 2 is 2.23 bits per heavy atom. The zero-order chi connectivity index (χ0) is 10.0. The molecule has 3 nitrogen and oxygen atoms in total. The van der Waals surface area contributed by atoms with Crippen molar-refractivity contribution in [3.8, 4) is 0 Å². The second-order valence-electron chi connectivity index (χ2n) is 3.30. The van der Waals surface area contributed by atoms with Gasteiger partial charge in [-0.05, 0) is 20.8 Å². The Morgan fingerprint density at radius 3 is 2.62 bits per heavy atom. The maximum Gasteiger partial charge on any atom is 0.282 e. The Hall–Kier alpha value is -0.900. The van der Waals surface area contributed by atoms with Gasteiger partial charge in [-0.15, -0.1) is 11.3 Å². The molecule has 0 aliphatic rings. The van der Waals surface area contributed by atoms with E-state index in [1.165, 1.54) is 11.3 Å². The van der Waals surface area contributed by atoms with E-state index in [9.17, 15) is 4.79 Å². The van der Waals surface area contributed by atoms with Crippen molar-refractivity contribution in [2.75, 3.05) is 7.05 Å². The number of rotatable bonds is 2. The standard InChI is InChI=1S/C9H14N2OS/c1-6(2)11(4)9(12)8-10-7(3)5-13-8/h5-6H,1-4H3. The van der Waals surface area contributed by atoms with Gasteiger partial charge in [0.15, 0.2) is 5.01 Å². The number of hydrogen-bond acceptors (Lipinski definition) is 3. The monoisotopic (exact) mass is 198 g/mol. The first kappa shape index (κ1) is 10.2. The minimum Gasteiger partial charge on any atom is -0.337 e. The molecular weight excluding hydrogens is 184 g/mol. The Labute approximate surface area is 82.4 Å². The molecule has 1 aromatic heterocycles. The number of hydrogen-bond donors (Lipinski definition) is 0. The SMILES string of the molecule is Cc1csc(C(=O)N(C)C(C)C)n1. The topological polar surface area (TPSA) is 33.2 Å². The molecule has 0 N–H and O–H groups in total. The summed E-state index contributed by atoms with van der Waals surface area (Å²) < 4.78 is 0. The molecule has 4 heteroatoms. The molecule has 72 valence electrons. The average Bonchev–Trinajstić information content (AvgIpc) is 2.49. The highest BCUT2D eigenvalue weighted by molar-refractivity contribution is 7.11. The fourth-order valence-corrected chi connectivity index (χ4v) is 1.61. The van der Waals surface area contributed by atoms with Crippen LogP contribution in [0.4, 0.5) is 0 Å². The summed E-state index contributed by atoms with van der Waals surface area (Å²) >= 11 is 1.40. The number of aromatic nitrogens is 1. The molecule has 0 fully saturated rings. The fourth-order valence-electron chi connectivity index (χ4n) is 0.838. The van der Waals surface area contributed by atoms with Crippen LogP contribution in [0.3, 0.4) is 0 Å². The van der Waals surface area contributed by atoms with Crippen molar-refractivity contribution in [2.45, 2.75) is 26.8 Å². The number of thiazole rings is 1. The minimum atomic E-state index is 0.00750. The van der Waals surface area contributed by atoms with Gasteiger partial charge in [-0.3, -0.25) is 4.79 Å². The van der Waals surface area contributed by atoms with Crippen LogP contribution in [0.25, 0.3) is 0 Å². The molecule has 1 heterocycles. The molecule has 0 unspecified atom stereocenters. The van der Waals surface area contributed by atoms with E-state index >= 15 is 0 Å². The fraction of sp³-hybridized carbons (Fsp3) is 0.556. The van der Waals surface area contributed by atoms with Crippen molar-refractivity contribution in [1.82, 2.24) is 9.88 Å². The maximum absolute atomic E-state index is 11.7. The number of carbonyl (C=O) groups excluding carboxylic acids is 1. The number of aryl methyl sites for hydroxylation is 1. The third-order valence-electron chi connectivity index (χ3n) is 1.90. The predicted octanol–water partition coefficient (Wildman–Crippen LogP) is 1.93. The molecule has 0 saturated carbocycles. The van der Waals surface area contributed by atoms with Crippen LogP contribution < -0.4 is 0 Å². The van der Waals surface area contributed by atoms with Gasteiger partial charge < -0.3 is 4.90 Å². The maximum atomic E-state index is 11.7. The van der Waals surface area contributed by atoms with E-state index in [2.05, 4.69) is 4.98 Å². The van der Waals surface area contributed by atoms with Crippen molar-refractivity contribution >= 4 is 17.2 Å².